The molecule has 88 valence electrons. The van der Waals surface area contributed by atoms with Crippen LogP contribution in [0, 0.1) is 0 Å². The van der Waals surface area contributed by atoms with Gasteiger partial charge in [-0.05, 0) is 6.92 Å². The van der Waals surface area contributed by atoms with E-state index in [-0.39, 0.29) is 6.10 Å². The number of halogens is 4. The van der Waals surface area contributed by atoms with Crippen molar-refractivity contribution in [1.29, 1.82) is 0 Å². The zero-order valence-electron chi connectivity index (χ0n) is 7.58. The quantitative estimate of drug-likeness (QED) is 0.471. The summed E-state index contributed by atoms with van der Waals surface area (Å²) in [4.78, 5) is 10.0. The van der Waals surface area contributed by atoms with Crippen LogP contribution in [-0.2, 0) is 14.2 Å². The summed E-state index contributed by atoms with van der Waals surface area (Å²) in [6.07, 6.45) is -9.70. The Morgan fingerprint density at radius 3 is 2.07 bits per heavy atom. The highest BCUT2D eigenvalue weighted by Crippen LogP contribution is 2.38. The highest BCUT2D eigenvalue weighted by atomic mass is 19.3. The van der Waals surface area contributed by atoms with Gasteiger partial charge in [-0.2, -0.15) is 8.78 Å². The van der Waals surface area contributed by atoms with Gasteiger partial charge in [0.15, 0.2) is 0 Å². The second-order valence-electron chi connectivity index (χ2n) is 2.92. The van der Waals surface area contributed by atoms with Crippen LogP contribution in [0.3, 0.4) is 0 Å². The van der Waals surface area contributed by atoms with Crippen LogP contribution in [0.1, 0.15) is 6.92 Å². The Morgan fingerprint density at radius 1 is 1.40 bits per heavy atom. The van der Waals surface area contributed by atoms with Gasteiger partial charge in [0.05, 0.1) is 0 Å². The zero-order valence-corrected chi connectivity index (χ0v) is 7.58. The predicted octanol–water partition coefficient (Wildman–Crippen LogP) is 1.78. The van der Waals surface area contributed by atoms with E-state index in [0.29, 0.717) is 6.61 Å². The molecule has 3 atom stereocenters. The maximum Gasteiger partial charge on any atom is 0.508 e. The lowest BCUT2D eigenvalue weighted by atomic mass is 10.3. The third kappa shape index (κ3) is 2.95. The molecule has 3 unspecified atom stereocenters. The van der Waals surface area contributed by atoms with Gasteiger partial charge in [0.1, 0.15) is 12.7 Å². The van der Waals surface area contributed by atoms with Crippen LogP contribution in [0.4, 0.5) is 22.4 Å². The molecule has 0 saturated carbocycles. The fourth-order valence-electron chi connectivity index (χ4n) is 0.773. The Balaban J connectivity index is 0.000000151. The largest absolute Gasteiger partial charge is 0.508 e. The maximum atomic E-state index is 11.4. The number of alkyl halides is 4. The molecule has 8 heteroatoms. The number of cyclic esters (lactones) is 2. The van der Waals surface area contributed by atoms with Crippen LogP contribution in [0.15, 0.2) is 0 Å². The van der Waals surface area contributed by atoms with Crippen molar-refractivity contribution < 1.29 is 36.6 Å². The van der Waals surface area contributed by atoms with Crippen molar-refractivity contribution in [3.8, 4) is 0 Å². The van der Waals surface area contributed by atoms with Crippen LogP contribution in [0.25, 0.3) is 0 Å². The van der Waals surface area contributed by atoms with Crippen molar-refractivity contribution in [1.82, 2.24) is 0 Å². The van der Waals surface area contributed by atoms with Gasteiger partial charge >= 0.3 is 12.3 Å². The average Bonchev–Trinajstić information content (AvgIpc) is 2.50. The lowest BCUT2D eigenvalue weighted by molar-refractivity contribution is -0.422. The topological polar surface area (TPSA) is 44.8 Å². The highest BCUT2D eigenvalue weighted by molar-refractivity contribution is 5.61. The van der Waals surface area contributed by atoms with E-state index >= 15 is 0 Å². The fourth-order valence-corrected chi connectivity index (χ4v) is 0.773. The number of hydrogen-bond acceptors (Lipinski definition) is 4. The van der Waals surface area contributed by atoms with E-state index in [4.69, 9.17) is 0 Å². The van der Waals surface area contributed by atoms with Gasteiger partial charge in [0, 0.05) is 0 Å². The average molecular weight is 232 g/mol. The molecule has 2 saturated heterocycles. The van der Waals surface area contributed by atoms with Crippen molar-refractivity contribution in [3.05, 3.63) is 0 Å². The summed E-state index contributed by atoms with van der Waals surface area (Å²) in [5, 5.41) is 0. The second kappa shape index (κ2) is 4.21. The van der Waals surface area contributed by atoms with Crippen molar-refractivity contribution in [2.45, 2.75) is 31.7 Å². The lowest BCUT2D eigenvalue weighted by Gasteiger charge is -2.32. The van der Waals surface area contributed by atoms with Crippen molar-refractivity contribution in [2.24, 2.45) is 0 Å². The van der Waals surface area contributed by atoms with E-state index in [0.717, 1.165) is 0 Å². The SMILES string of the molecule is CC1COC(=O)O1.FC1OC(F)(F)C1F. The van der Waals surface area contributed by atoms with E-state index in [2.05, 4.69) is 14.2 Å². The van der Waals surface area contributed by atoms with Crippen LogP contribution in [0.5, 0.6) is 0 Å². The van der Waals surface area contributed by atoms with Crippen molar-refractivity contribution >= 4 is 6.16 Å². The molecule has 2 heterocycles. The summed E-state index contributed by atoms with van der Waals surface area (Å²) in [6, 6.07) is 0. The van der Waals surface area contributed by atoms with E-state index in [1.807, 2.05) is 0 Å². The summed E-state index contributed by atoms with van der Waals surface area (Å²) in [5.74, 6) is 0. The van der Waals surface area contributed by atoms with Crippen LogP contribution in [-0.4, -0.2) is 37.5 Å². The molecule has 0 spiro atoms. The molecule has 15 heavy (non-hydrogen) atoms. The van der Waals surface area contributed by atoms with Gasteiger partial charge in [0.2, 0.25) is 12.5 Å². The summed E-state index contributed by atoms with van der Waals surface area (Å²) < 4.78 is 57.4. The zero-order chi connectivity index (χ0) is 11.6. The number of hydrogen-bond donors (Lipinski definition) is 0. The van der Waals surface area contributed by atoms with E-state index < -0.39 is 24.8 Å². The molecule has 0 aromatic rings. The fraction of sp³-hybridized carbons (Fsp3) is 0.857. The van der Waals surface area contributed by atoms with Crippen LogP contribution >= 0.6 is 0 Å². The molecule has 0 aliphatic carbocycles. The summed E-state index contributed by atoms with van der Waals surface area (Å²) in [6.45, 7) is 2.18. The van der Waals surface area contributed by atoms with Gasteiger partial charge in [-0.15, -0.1) is 0 Å². The summed E-state index contributed by atoms with van der Waals surface area (Å²) >= 11 is 0. The molecule has 0 aromatic heterocycles. The maximum absolute atomic E-state index is 11.4. The first-order chi connectivity index (χ1) is 6.83. The molecule has 4 nitrogen and oxygen atoms in total. The monoisotopic (exact) mass is 232 g/mol. The van der Waals surface area contributed by atoms with Gasteiger partial charge < -0.3 is 9.47 Å². The lowest BCUT2D eigenvalue weighted by Crippen LogP contribution is -2.54. The minimum absolute atomic E-state index is 0.0486. The first-order valence-corrected chi connectivity index (χ1v) is 4.00. The highest BCUT2D eigenvalue weighted by Gasteiger charge is 2.60. The second-order valence-corrected chi connectivity index (χ2v) is 2.92. The van der Waals surface area contributed by atoms with Gasteiger partial charge in [0.25, 0.3) is 0 Å². The normalized spacial score (nSPS) is 36.9. The number of carbonyl (C=O) groups excluding carboxylic acids is 1. The van der Waals surface area contributed by atoms with Crippen LogP contribution in [0.2, 0.25) is 0 Å². The molecule has 2 rings (SSSR count). The van der Waals surface area contributed by atoms with E-state index in [1.165, 1.54) is 0 Å². The number of carbonyl (C=O) groups is 1. The van der Waals surface area contributed by atoms with Crippen LogP contribution < -0.4 is 0 Å². The minimum Gasteiger partial charge on any atom is -0.430 e. The molecule has 0 N–H and O–H groups in total. The van der Waals surface area contributed by atoms with E-state index in [9.17, 15) is 22.4 Å². The number of rotatable bonds is 0. The summed E-state index contributed by atoms with van der Waals surface area (Å²) in [5.41, 5.74) is 0. The molecule has 2 fully saturated rings. The molecular weight excluding hydrogens is 224 g/mol. The molecule has 2 aliphatic heterocycles. The van der Waals surface area contributed by atoms with Crippen molar-refractivity contribution in [2.75, 3.05) is 6.61 Å². The Hall–Kier alpha value is -1.05. The Morgan fingerprint density at radius 2 is 2.00 bits per heavy atom. The third-order valence-corrected chi connectivity index (χ3v) is 1.55. The van der Waals surface area contributed by atoms with Gasteiger partial charge in [-0.25, -0.2) is 13.6 Å². The molecule has 0 radical (unpaired) electrons. The molecule has 0 aromatic carbocycles. The first-order valence-electron chi connectivity index (χ1n) is 4.00. The minimum atomic E-state index is -3.89. The molecule has 0 bridgehead atoms. The number of ether oxygens (including phenoxy) is 3. The van der Waals surface area contributed by atoms with E-state index in [1.54, 1.807) is 6.92 Å². The van der Waals surface area contributed by atoms with Gasteiger partial charge in [-0.1, -0.05) is 0 Å². The van der Waals surface area contributed by atoms with Crippen molar-refractivity contribution in [3.63, 3.8) is 0 Å². The molecule has 2 aliphatic rings. The predicted molar refractivity (Wildman–Crippen MR) is 37.7 cm³/mol. The Kier molecular flexibility index (Phi) is 3.38. The molecular formula is C7H8F4O4. The van der Waals surface area contributed by atoms with Gasteiger partial charge in [-0.3, -0.25) is 4.74 Å². The Bertz CT molecular complexity index is 247. The standard InChI is InChI=1S/C4H6O3.C3H2F4O/c1-3-2-6-4(5)7-3;4-1-2(5)8-3(1,6)7/h3H,2H2,1H3;1-2H. The summed E-state index contributed by atoms with van der Waals surface area (Å²) in [7, 11) is 0. The third-order valence-electron chi connectivity index (χ3n) is 1.55. The first kappa shape index (κ1) is 12.0. The Labute approximate surface area is 82.1 Å². The smallest absolute Gasteiger partial charge is 0.430 e. The molecule has 0 amide bonds.